The molecule has 2 aromatic carbocycles. The minimum Gasteiger partial charge on any atom is -0.497 e. The van der Waals surface area contributed by atoms with Crippen LogP contribution in [0.25, 0.3) is 5.57 Å². The fourth-order valence-electron chi connectivity index (χ4n) is 4.30. The third-order valence-corrected chi connectivity index (χ3v) is 6.54. The average Bonchev–Trinajstić information content (AvgIpc) is 3.01. The average molecular weight is 419 g/mol. The third-order valence-electron chi connectivity index (χ3n) is 6.54. The van der Waals surface area contributed by atoms with Crippen molar-refractivity contribution in [3.05, 3.63) is 70.4 Å². The fraction of sp³-hybridized carbons (Fsp3) is 0.385. The van der Waals surface area contributed by atoms with E-state index < -0.39 is 0 Å². The van der Waals surface area contributed by atoms with Crippen LogP contribution in [0.1, 0.15) is 42.0 Å². The standard InChI is InChI=1S/C26H30N2O3/c1-17-11-13-27(14-12-17)24-23(21-8-5-18(2)19(3)15-21)25(29)28(26(24)30)16-20-6-9-22(31-4)10-7-20/h5-10,15,17H,11-14,16H2,1-4H3. The van der Waals surface area contributed by atoms with Crippen molar-refractivity contribution in [1.82, 2.24) is 9.80 Å². The summed E-state index contributed by atoms with van der Waals surface area (Å²) in [6, 6.07) is 13.5. The first-order chi connectivity index (χ1) is 14.9. The number of hydrogen-bond donors (Lipinski definition) is 0. The van der Waals surface area contributed by atoms with Gasteiger partial charge in [0.2, 0.25) is 0 Å². The zero-order chi connectivity index (χ0) is 22.1. The number of carbonyl (C=O) groups excluding carboxylic acids is 2. The summed E-state index contributed by atoms with van der Waals surface area (Å²) in [6.45, 7) is 8.20. The molecule has 0 N–H and O–H groups in total. The first kappa shape index (κ1) is 21.2. The molecule has 4 rings (SSSR count). The van der Waals surface area contributed by atoms with Crippen molar-refractivity contribution >= 4 is 17.4 Å². The van der Waals surface area contributed by atoms with Gasteiger partial charge in [0.25, 0.3) is 11.8 Å². The van der Waals surface area contributed by atoms with Gasteiger partial charge in [-0.3, -0.25) is 14.5 Å². The summed E-state index contributed by atoms with van der Waals surface area (Å²) in [6.07, 6.45) is 2.06. The lowest BCUT2D eigenvalue weighted by Crippen LogP contribution is -2.38. The van der Waals surface area contributed by atoms with Crippen molar-refractivity contribution in [3.8, 4) is 5.75 Å². The van der Waals surface area contributed by atoms with Crippen LogP contribution in [0.4, 0.5) is 0 Å². The second-order valence-electron chi connectivity index (χ2n) is 8.74. The summed E-state index contributed by atoms with van der Waals surface area (Å²) in [4.78, 5) is 30.6. The highest BCUT2D eigenvalue weighted by atomic mass is 16.5. The molecule has 1 fully saturated rings. The van der Waals surface area contributed by atoms with E-state index >= 15 is 0 Å². The Morgan fingerprint density at radius 1 is 0.935 bits per heavy atom. The summed E-state index contributed by atoms with van der Waals surface area (Å²) in [5, 5.41) is 0. The number of hydrogen-bond acceptors (Lipinski definition) is 4. The topological polar surface area (TPSA) is 49.9 Å². The molecule has 2 amide bonds. The van der Waals surface area contributed by atoms with E-state index in [0.29, 0.717) is 17.2 Å². The van der Waals surface area contributed by atoms with Gasteiger partial charge >= 0.3 is 0 Å². The van der Waals surface area contributed by atoms with Crippen LogP contribution in [0.2, 0.25) is 0 Å². The number of imide groups is 1. The highest BCUT2D eigenvalue weighted by Gasteiger charge is 2.42. The minimum absolute atomic E-state index is 0.191. The summed E-state index contributed by atoms with van der Waals surface area (Å²) in [5.41, 5.74) is 5.11. The van der Waals surface area contributed by atoms with Gasteiger partial charge in [-0.15, -0.1) is 0 Å². The number of ether oxygens (including phenoxy) is 1. The summed E-state index contributed by atoms with van der Waals surface area (Å²) >= 11 is 0. The van der Waals surface area contributed by atoms with Crippen LogP contribution in [-0.2, 0) is 16.1 Å². The normalized spacial score (nSPS) is 17.7. The summed E-state index contributed by atoms with van der Waals surface area (Å²) < 4.78 is 5.22. The van der Waals surface area contributed by atoms with Crippen molar-refractivity contribution in [2.75, 3.05) is 20.2 Å². The minimum atomic E-state index is -0.210. The molecule has 2 aromatic rings. The van der Waals surface area contributed by atoms with Gasteiger partial charge in [0.15, 0.2) is 0 Å². The predicted octanol–water partition coefficient (Wildman–Crippen LogP) is 4.32. The van der Waals surface area contributed by atoms with E-state index in [0.717, 1.165) is 48.4 Å². The Bertz CT molecular complexity index is 1030. The number of carbonyl (C=O) groups is 2. The SMILES string of the molecule is COc1ccc(CN2C(=O)C(c3ccc(C)c(C)c3)=C(N3CCC(C)CC3)C2=O)cc1. The molecule has 0 aliphatic carbocycles. The predicted molar refractivity (Wildman–Crippen MR) is 121 cm³/mol. The molecule has 2 heterocycles. The summed E-state index contributed by atoms with van der Waals surface area (Å²) in [7, 11) is 1.62. The molecule has 5 heteroatoms. The lowest BCUT2D eigenvalue weighted by atomic mass is 9.96. The molecule has 0 unspecified atom stereocenters. The Labute approximate surface area is 184 Å². The van der Waals surface area contributed by atoms with Crippen LogP contribution in [0.15, 0.2) is 48.2 Å². The van der Waals surface area contributed by atoms with Gasteiger partial charge in [-0.2, -0.15) is 0 Å². The molecule has 31 heavy (non-hydrogen) atoms. The quantitative estimate of drug-likeness (QED) is 0.679. The highest BCUT2D eigenvalue weighted by Crippen LogP contribution is 2.35. The van der Waals surface area contributed by atoms with Crippen LogP contribution in [0.3, 0.4) is 0 Å². The van der Waals surface area contributed by atoms with E-state index in [-0.39, 0.29) is 18.4 Å². The van der Waals surface area contributed by atoms with E-state index in [2.05, 4.69) is 18.7 Å². The number of benzene rings is 2. The number of nitrogens with zero attached hydrogens (tertiary/aromatic N) is 2. The number of piperidine rings is 1. The molecule has 5 nitrogen and oxygen atoms in total. The Morgan fingerprint density at radius 3 is 2.23 bits per heavy atom. The lowest BCUT2D eigenvalue weighted by molar-refractivity contribution is -0.138. The van der Waals surface area contributed by atoms with E-state index in [1.807, 2.05) is 49.4 Å². The van der Waals surface area contributed by atoms with Gasteiger partial charge in [-0.05, 0) is 67.0 Å². The third kappa shape index (κ3) is 4.09. The van der Waals surface area contributed by atoms with Crippen LogP contribution >= 0.6 is 0 Å². The zero-order valence-electron chi connectivity index (χ0n) is 18.8. The van der Waals surface area contributed by atoms with Crippen molar-refractivity contribution in [2.24, 2.45) is 5.92 Å². The molecule has 2 aliphatic heterocycles. The molecule has 1 saturated heterocycles. The van der Waals surface area contributed by atoms with Gasteiger partial charge in [0.1, 0.15) is 11.4 Å². The maximum atomic E-state index is 13.6. The van der Waals surface area contributed by atoms with Crippen molar-refractivity contribution in [1.29, 1.82) is 0 Å². The Hall–Kier alpha value is -3.08. The van der Waals surface area contributed by atoms with Crippen molar-refractivity contribution < 1.29 is 14.3 Å². The van der Waals surface area contributed by atoms with Crippen LogP contribution in [-0.4, -0.2) is 41.8 Å². The Morgan fingerprint density at radius 2 is 1.61 bits per heavy atom. The second-order valence-corrected chi connectivity index (χ2v) is 8.74. The maximum Gasteiger partial charge on any atom is 0.278 e. The highest BCUT2D eigenvalue weighted by molar-refractivity contribution is 6.35. The smallest absolute Gasteiger partial charge is 0.278 e. The molecule has 0 aromatic heterocycles. The molecule has 0 spiro atoms. The monoisotopic (exact) mass is 418 g/mol. The molecule has 2 aliphatic rings. The Balaban J connectivity index is 1.71. The first-order valence-electron chi connectivity index (χ1n) is 10.9. The second kappa shape index (κ2) is 8.58. The number of amides is 2. The van der Waals surface area contributed by atoms with E-state index in [4.69, 9.17) is 4.74 Å². The molecular formula is C26H30N2O3. The molecule has 0 atom stereocenters. The Kier molecular flexibility index (Phi) is 5.86. The van der Waals surface area contributed by atoms with Crippen molar-refractivity contribution in [2.45, 2.75) is 40.2 Å². The van der Waals surface area contributed by atoms with Gasteiger partial charge in [-0.25, -0.2) is 0 Å². The number of methoxy groups -OCH3 is 1. The van der Waals surface area contributed by atoms with Crippen molar-refractivity contribution in [3.63, 3.8) is 0 Å². The number of aryl methyl sites for hydroxylation is 2. The van der Waals surface area contributed by atoms with Crippen LogP contribution in [0.5, 0.6) is 5.75 Å². The van der Waals surface area contributed by atoms with Crippen LogP contribution < -0.4 is 4.74 Å². The molecular weight excluding hydrogens is 388 g/mol. The van der Waals surface area contributed by atoms with Gasteiger partial charge in [0, 0.05) is 13.1 Å². The zero-order valence-corrected chi connectivity index (χ0v) is 18.8. The van der Waals surface area contributed by atoms with Crippen LogP contribution in [0, 0.1) is 19.8 Å². The largest absolute Gasteiger partial charge is 0.497 e. The molecule has 162 valence electrons. The lowest BCUT2D eigenvalue weighted by Gasteiger charge is -2.32. The number of rotatable bonds is 5. The molecule has 0 bridgehead atoms. The fourth-order valence-corrected chi connectivity index (χ4v) is 4.30. The maximum absolute atomic E-state index is 13.6. The van der Waals surface area contributed by atoms with E-state index in [1.165, 1.54) is 10.5 Å². The first-order valence-corrected chi connectivity index (χ1v) is 10.9. The van der Waals surface area contributed by atoms with Gasteiger partial charge < -0.3 is 9.64 Å². The van der Waals surface area contributed by atoms with E-state index in [1.54, 1.807) is 7.11 Å². The van der Waals surface area contributed by atoms with Gasteiger partial charge in [-0.1, -0.05) is 37.3 Å². The number of likely N-dealkylation sites (tertiary alicyclic amines) is 1. The van der Waals surface area contributed by atoms with Gasteiger partial charge in [0.05, 0.1) is 19.2 Å². The molecule has 0 saturated carbocycles. The van der Waals surface area contributed by atoms with E-state index in [9.17, 15) is 9.59 Å². The summed E-state index contributed by atoms with van der Waals surface area (Å²) in [5.74, 6) is 0.991. The molecule has 0 radical (unpaired) electrons.